The molecule has 1 aromatic carbocycles. The SMILES string of the molecule is CCNC(=NCCC(=O)Nc1ccc(Br)cc1)N1CC(C)C(C(=O)OC)C1.I. The van der Waals surface area contributed by atoms with E-state index >= 15 is 0 Å². The molecular weight excluding hydrogens is 539 g/mol. The van der Waals surface area contributed by atoms with Gasteiger partial charge in [-0.25, -0.2) is 0 Å². The minimum absolute atomic E-state index is 0. The number of rotatable bonds is 6. The fraction of sp³-hybridized carbons (Fsp3) is 0.526. The van der Waals surface area contributed by atoms with E-state index in [0.717, 1.165) is 29.2 Å². The Labute approximate surface area is 191 Å². The normalized spacial score (nSPS) is 19.0. The zero-order valence-corrected chi connectivity index (χ0v) is 20.3. The van der Waals surface area contributed by atoms with Crippen LogP contribution in [0.5, 0.6) is 0 Å². The first-order chi connectivity index (χ1) is 12.9. The van der Waals surface area contributed by atoms with E-state index in [1.807, 2.05) is 38.1 Å². The second-order valence-corrected chi connectivity index (χ2v) is 7.47. The van der Waals surface area contributed by atoms with Gasteiger partial charge in [-0.2, -0.15) is 0 Å². The van der Waals surface area contributed by atoms with Gasteiger partial charge in [0, 0.05) is 36.2 Å². The maximum absolute atomic E-state index is 12.1. The van der Waals surface area contributed by atoms with Crippen LogP contribution in [0.15, 0.2) is 33.7 Å². The number of methoxy groups -OCH3 is 1. The summed E-state index contributed by atoms with van der Waals surface area (Å²) in [5.41, 5.74) is 0.758. The number of aliphatic imine (C=N–C) groups is 1. The minimum atomic E-state index is -0.185. The zero-order valence-electron chi connectivity index (χ0n) is 16.4. The van der Waals surface area contributed by atoms with E-state index in [1.54, 1.807) is 0 Å². The van der Waals surface area contributed by atoms with Gasteiger partial charge < -0.3 is 20.3 Å². The summed E-state index contributed by atoms with van der Waals surface area (Å²) in [4.78, 5) is 30.6. The molecule has 1 saturated heterocycles. The third-order valence-corrected chi connectivity index (χ3v) is 5.01. The molecule has 1 aromatic rings. The Morgan fingerprint density at radius 3 is 2.57 bits per heavy atom. The number of benzene rings is 1. The first-order valence-corrected chi connectivity index (χ1v) is 9.90. The lowest BCUT2D eigenvalue weighted by Crippen LogP contribution is -2.40. The monoisotopic (exact) mass is 566 g/mol. The van der Waals surface area contributed by atoms with Crippen molar-refractivity contribution in [1.29, 1.82) is 0 Å². The molecule has 1 aliphatic heterocycles. The molecule has 0 radical (unpaired) electrons. The molecule has 9 heteroatoms. The number of nitrogens with one attached hydrogen (secondary N) is 2. The van der Waals surface area contributed by atoms with Crippen molar-refractivity contribution in [3.8, 4) is 0 Å². The van der Waals surface area contributed by atoms with E-state index in [-0.39, 0.29) is 54.1 Å². The topological polar surface area (TPSA) is 83.0 Å². The molecule has 0 spiro atoms. The number of nitrogens with zero attached hydrogens (tertiary/aromatic N) is 2. The highest BCUT2D eigenvalue weighted by Crippen LogP contribution is 2.24. The van der Waals surface area contributed by atoms with Gasteiger partial charge >= 0.3 is 5.97 Å². The predicted molar refractivity (Wildman–Crippen MR) is 125 cm³/mol. The summed E-state index contributed by atoms with van der Waals surface area (Å²) < 4.78 is 5.85. The van der Waals surface area contributed by atoms with Crippen LogP contribution >= 0.6 is 39.9 Å². The van der Waals surface area contributed by atoms with E-state index in [0.29, 0.717) is 13.1 Å². The van der Waals surface area contributed by atoms with Gasteiger partial charge in [0.05, 0.1) is 19.6 Å². The molecule has 2 rings (SSSR count). The fourth-order valence-corrected chi connectivity index (χ4v) is 3.31. The number of carbonyl (C=O) groups excluding carboxylic acids is 2. The van der Waals surface area contributed by atoms with Crippen molar-refractivity contribution < 1.29 is 14.3 Å². The molecule has 0 aromatic heterocycles. The van der Waals surface area contributed by atoms with Crippen molar-refractivity contribution in [2.75, 3.05) is 38.6 Å². The third kappa shape index (κ3) is 7.23. The number of likely N-dealkylation sites (tertiary alicyclic amines) is 1. The van der Waals surface area contributed by atoms with Crippen LogP contribution in [0.3, 0.4) is 0 Å². The van der Waals surface area contributed by atoms with Crippen LogP contribution in [-0.2, 0) is 14.3 Å². The minimum Gasteiger partial charge on any atom is -0.469 e. The van der Waals surface area contributed by atoms with Gasteiger partial charge in [-0.05, 0) is 37.1 Å². The molecule has 156 valence electrons. The highest BCUT2D eigenvalue weighted by Gasteiger charge is 2.36. The molecule has 2 atom stereocenters. The lowest BCUT2D eigenvalue weighted by atomic mass is 9.99. The summed E-state index contributed by atoms with van der Waals surface area (Å²) in [5.74, 6) is 0.502. The van der Waals surface area contributed by atoms with Gasteiger partial charge in [0.1, 0.15) is 0 Å². The summed E-state index contributed by atoms with van der Waals surface area (Å²) in [6, 6.07) is 7.44. The Bertz CT molecular complexity index is 684. The standard InChI is InChI=1S/C19H27BrN4O3.HI/c1-4-21-19(24-11-13(2)16(12-24)18(26)27-3)22-10-9-17(25)23-15-7-5-14(20)6-8-15;/h5-8,13,16H,4,9-12H2,1-3H3,(H,21,22)(H,23,25);1H. The molecule has 28 heavy (non-hydrogen) atoms. The van der Waals surface area contributed by atoms with Crippen LogP contribution in [-0.4, -0.2) is 56.0 Å². The number of anilines is 1. The van der Waals surface area contributed by atoms with Crippen LogP contribution in [0.2, 0.25) is 0 Å². The van der Waals surface area contributed by atoms with E-state index in [2.05, 4.69) is 36.5 Å². The number of carbonyl (C=O) groups is 2. The quantitative estimate of drug-likeness (QED) is 0.239. The average molecular weight is 567 g/mol. The van der Waals surface area contributed by atoms with E-state index in [9.17, 15) is 9.59 Å². The molecule has 1 fully saturated rings. The van der Waals surface area contributed by atoms with Gasteiger partial charge in [0.25, 0.3) is 0 Å². The summed E-state index contributed by atoms with van der Waals surface area (Å²) in [6.45, 7) is 6.43. The Balaban J connectivity index is 0.00000392. The van der Waals surface area contributed by atoms with Gasteiger partial charge in [-0.1, -0.05) is 22.9 Å². The van der Waals surface area contributed by atoms with Crippen molar-refractivity contribution >= 4 is 63.4 Å². The molecule has 2 unspecified atom stereocenters. The lowest BCUT2D eigenvalue weighted by Gasteiger charge is -2.21. The molecule has 0 saturated carbocycles. The van der Waals surface area contributed by atoms with Crippen LogP contribution < -0.4 is 10.6 Å². The number of ether oxygens (including phenoxy) is 1. The summed E-state index contributed by atoms with van der Waals surface area (Å²) in [6.07, 6.45) is 0.286. The van der Waals surface area contributed by atoms with Crippen molar-refractivity contribution in [3.63, 3.8) is 0 Å². The van der Waals surface area contributed by atoms with Crippen molar-refractivity contribution in [3.05, 3.63) is 28.7 Å². The van der Waals surface area contributed by atoms with Crippen molar-refractivity contribution in [2.24, 2.45) is 16.8 Å². The smallest absolute Gasteiger partial charge is 0.310 e. The van der Waals surface area contributed by atoms with Crippen LogP contribution in [0.4, 0.5) is 5.69 Å². The summed E-state index contributed by atoms with van der Waals surface area (Å²) in [7, 11) is 1.42. The summed E-state index contributed by atoms with van der Waals surface area (Å²) in [5, 5.41) is 6.10. The lowest BCUT2D eigenvalue weighted by molar-refractivity contribution is -0.146. The zero-order chi connectivity index (χ0) is 19.8. The highest BCUT2D eigenvalue weighted by atomic mass is 127. The summed E-state index contributed by atoms with van der Waals surface area (Å²) >= 11 is 3.37. The Hall–Kier alpha value is -1.36. The van der Waals surface area contributed by atoms with E-state index in [1.165, 1.54) is 7.11 Å². The number of amides is 1. The first kappa shape index (κ1) is 24.7. The Morgan fingerprint density at radius 1 is 1.29 bits per heavy atom. The second kappa shape index (κ2) is 12.3. The average Bonchev–Trinajstić information content (AvgIpc) is 3.04. The predicted octanol–water partition coefficient (Wildman–Crippen LogP) is 3.10. The van der Waals surface area contributed by atoms with Crippen LogP contribution in [0, 0.1) is 11.8 Å². The van der Waals surface area contributed by atoms with Gasteiger partial charge in [0.15, 0.2) is 5.96 Å². The molecule has 1 heterocycles. The molecule has 1 aliphatic rings. The maximum atomic E-state index is 12.1. The highest BCUT2D eigenvalue weighted by molar-refractivity contribution is 14.0. The van der Waals surface area contributed by atoms with Crippen LogP contribution in [0.1, 0.15) is 20.3 Å². The molecule has 0 aliphatic carbocycles. The van der Waals surface area contributed by atoms with Crippen molar-refractivity contribution in [2.45, 2.75) is 20.3 Å². The Kier molecular flexibility index (Phi) is 10.8. The van der Waals surface area contributed by atoms with Gasteiger partial charge in [-0.3, -0.25) is 14.6 Å². The maximum Gasteiger partial charge on any atom is 0.310 e. The molecule has 2 N–H and O–H groups in total. The third-order valence-electron chi connectivity index (χ3n) is 4.48. The molecular formula is C19H28BrIN4O3. The number of halogens is 2. The van der Waals surface area contributed by atoms with Gasteiger partial charge in [-0.15, -0.1) is 24.0 Å². The largest absolute Gasteiger partial charge is 0.469 e. The van der Waals surface area contributed by atoms with Gasteiger partial charge in [0.2, 0.25) is 5.91 Å². The van der Waals surface area contributed by atoms with Crippen LogP contribution in [0.25, 0.3) is 0 Å². The Morgan fingerprint density at radius 2 is 1.96 bits per heavy atom. The number of hydrogen-bond donors (Lipinski definition) is 2. The molecule has 1 amide bonds. The number of hydrogen-bond acceptors (Lipinski definition) is 4. The number of esters is 1. The van der Waals surface area contributed by atoms with E-state index < -0.39 is 0 Å². The number of guanidine groups is 1. The molecule has 7 nitrogen and oxygen atoms in total. The first-order valence-electron chi connectivity index (χ1n) is 9.11. The molecule has 0 bridgehead atoms. The fourth-order valence-electron chi connectivity index (χ4n) is 3.04. The van der Waals surface area contributed by atoms with Crippen molar-refractivity contribution in [1.82, 2.24) is 10.2 Å². The second-order valence-electron chi connectivity index (χ2n) is 6.55. The van der Waals surface area contributed by atoms with E-state index in [4.69, 9.17) is 4.74 Å².